The maximum Gasteiger partial charge on any atom is 0.223 e. The van der Waals surface area contributed by atoms with Gasteiger partial charge in [-0.1, -0.05) is 13.8 Å². The first kappa shape index (κ1) is 21.9. The highest BCUT2D eigenvalue weighted by molar-refractivity contribution is 5.79. The molecule has 0 aromatic carbocycles. The predicted octanol–water partition coefficient (Wildman–Crippen LogP) is 1.73. The van der Waals surface area contributed by atoms with E-state index >= 15 is 0 Å². The lowest BCUT2D eigenvalue weighted by Crippen LogP contribution is -2.43. The highest BCUT2D eigenvalue weighted by Crippen LogP contribution is 2.47. The Morgan fingerprint density at radius 3 is 2.93 bits per heavy atom. The fourth-order valence-corrected chi connectivity index (χ4v) is 4.03. The van der Waals surface area contributed by atoms with Gasteiger partial charge in [-0.3, -0.25) is 9.89 Å². The van der Waals surface area contributed by atoms with Gasteiger partial charge in [0, 0.05) is 56.9 Å². The highest BCUT2D eigenvalue weighted by atomic mass is 16.5. The zero-order chi connectivity index (χ0) is 19.9. The van der Waals surface area contributed by atoms with Crippen LogP contribution in [0.3, 0.4) is 0 Å². The number of H-pyrrole nitrogens is 1. The zero-order valence-electron chi connectivity index (χ0n) is 17.6. The molecule has 3 N–H and O–H groups in total. The second-order valence-electron chi connectivity index (χ2n) is 8.43. The molecular weight excluding hydrogens is 342 g/mol. The Morgan fingerprint density at radius 2 is 2.22 bits per heavy atom. The van der Waals surface area contributed by atoms with Crippen LogP contribution >= 0.6 is 0 Å². The topological polar surface area (TPSA) is 82.3 Å². The van der Waals surface area contributed by atoms with Crippen molar-refractivity contribution in [2.75, 3.05) is 47.4 Å². The van der Waals surface area contributed by atoms with Gasteiger partial charge in [0.1, 0.15) is 0 Å². The number of likely N-dealkylation sites (N-methyl/N-ethyl adjacent to an activating group) is 2. The van der Waals surface area contributed by atoms with Gasteiger partial charge in [-0.2, -0.15) is 5.10 Å². The number of hydrogen-bond acceptors (Lipinski definition) is 5. The first-order valence-corrected chi connectivity index (χ1v) is 10.0. The lowest BCUT2D eigenvalue weighted by atomic mass is 9.64. The van der Waals surface area contributed by atoms with Gasteiger partial charge in [0.2, 0.25) is 5.91 Å². The fourth-order valence-electron chi connectivity index (χ4n) is 4.03. The summed E-state index contributed by atoms with van der Waals surface area (Å²) in [5, 5.41) is 13.8. The Morgan fingerprint density at radius 1 is 1.44 bits per heavy atom. The van der Waals surface area contributed by atoms with E-state index in [1.807, 2.05) is 13.2 Å². The summed E-state index contributed by atoms with van der Waals surface area (Å²) in [4.78, 5) is 15.1. The van der Waals surface area contributed by atoms with Gasteiger partial charge in [-0.25, -0.2) is 0 Å². The van der Waals surface area contributed by atoms with Crippen molar-refractivity contribution in [2.45, 2.75) is 45.6 Å². The third-order valence-corrected chi connectivity index (χ3v) is 5.85. The molecule has 0 unspecified atom stereocenters. The summed E-state index contributed by atoms with van der Waals surface area (Å²) in [6, 6.07) is 0. The zero-order valence-corrected chi connectivity index (χ0v) is 17.6. The van der Waals surface area contributed by atoms with E-state index in [4.69, 9.17) is 4.74 Å². The Balaban J connectivity index is 2.05. The van der Waals surface area contributed by atoms with Crippen LogP contribution in [0.5, 0.6) is 0 Å². The van der Waals surface area contributed by atoms with E-state index in [9.17, 15) is 4.79 Å². The molecule has 1 aromatic heterocycles. The van der Waals surface area contributed by atoms with Crippen LogP contribution in [-0.4, -0.2) is 68.5 Å². The summed E-state index contributed by atoms with van der Waals surface area (Å²) < 4.78 is 5.05. The van der Waals surface area contributed by atoms with Crippen molar-refractivity contribution < 1.29 is 9.53 Å². The molecule has 1 amide bonds. The Labute approximate surface area is 163 Å². The fraction of sp³-hybridized carbons (Fsp3) is 0.800. The van der Waals surface area contributed by atoms with Crippen molar-refractivity contribution in [3.63, 3.8) is 0 Å². The van der Waals surface area contributed by atoms with Crippen LogP contribution in [0.1, 0.15) is 50.3 Å². The number of aromatic nitrogens is 2. The average molecular weight is 380 g/mol. The molecule has 27 heavy (non-hydrogen) atoms. The molecule has 1 heterocycles. The Kier molecular flexibility index (Phi) is 8.26. The van der Waals surface area contributed by atoms with Crippen LogP contribution in [0.15, 0.2) is 6.20 Å². The van der Waals surface area contributed by atoms with Crippen LogP contribution in [0, 0.1) is 11.3 Å². The first-order chi connectivity index (χ1) is 12.9. The molecule has 7 heteroatoms. The minimum atomic E-state index is -0.000299. The van der Waals surface area contributed by atoms with Gasteiger partial charge in [0.05, 0.1) is 12.3 Å². The van der Waals surface area contributed by atoms with Crippen molar-refractivity contribution in [3.05, 3.63) is 17.5 Å². The molecule has 0 spiro atoms. The average Bonchev–Trinajstić information content (AvgIpc) is 3.07. The van der Waals surface area contributed by atoms with E-state index in [0.29, 0.717) is 19.1 Å². The van der Waals surface area contributed by atoms with Crippen LogP contribution < -0.4 is 10.6 Å². The summed E-state index contributed by atoms with van der Waals surface area (Å²) in [6.45, 7) is 8.36. The van der Waals surface area contributed by atoms with Gasteiger partial charge < -0.3 is 20.3 Å². The number of aromatic amines is 1. The maximum atomic E-state index is 12.8. The molecule has 2 atom stereocenters. The molecule has 1 aromatic rings. The van der Waals surface area contributed by atoms with Gasteiger partial charge in [0.15, 0.2) is 0 Å². The first-order valence-electron chi connectivity index (χ1n) is 10.0. The van der Waals surface area contributed by atoms with E-state index in [1.54, 1.807) is 7.11 Å². The highest BCUT2D eigenvalue weighted by Gasteiger charge is 2.42. The van der Waals surface area contributed by atoms with E-state index in [0.717, 1.165) is 44.6 Å². The van der Waals surface area contributed by atoms with Gasteiger partial charge in [0.25, 0.3) is 0 Å². The molecule has 7 nitrogen and oxygen atoms in total. The lowest BCUT2D eigenvalue weighted by molar-refractivity contribution is -0.130. The van der Waals surface area contributed by atoms with Gasteiger partial charge in [-0.05, 0) is 38.8 Å². The summed E-state index contributed by atoms with van der Waals surface area (Å²) in [7, 11) is 5.75. The SMILES string of the molecule is CNCCN(C)Cc1c[nH]nc1[C@H]1CCC(C)(C)[C@@H](C(=O)NCCOC)C1. The molecular formula is C20H37N5O2. The van der Waals surface area contributed by atoms with Crippen molar-refractivity contribution in [3.8, 4) is 0 Å². The van der Waals surface area contributed by atoms with E-state index in [-0.39, 0.29) is 17.2 Å². The van der Waals surface area contributed by atoms with Crippen LogP contribution in [0.2, 0.25) is 0 Å². The van der Waals surface area contributed by atoms with E-state index < -0.39 is 0 Å². The number of nitrogens with zero attached hydrogens (tertiary/aromatic N) is 2. The van der Waals surface area contributed by atoms with Crippen molar-refractivity contribution in [2.24, 2.45) is 11.3 Å². The molecule has 1 aliphatic carbocycles. The van der Waals surface area contributed by atoms with Crippen LogP contribution in [0.25, 0.3) is 0 Å². The van der Waals surface area contributed by atoms with Gasteiger partial charge >= 0.3 is 0 Å². The van der Waals surface area contributed by atoms with Crippen LogP contribution in [0.4, 0.5) is 0 Å². The van der Waals surface area contributed by atoms with E-state index in [1.165, 1.54) is 5.56 Å². The van der Waals surface area contributed by atoms with Crippen molar-refractivity contribution >= 4 is 5.91 Å². The van der Waals surface area contributed by atoms with Crippen molar-refractivity contribution in [1.29, 1.82) is 0 Å². The normalized spacial score (nSPS) is 22.1. The second-order valence-corrected chi connectivity index (χ2v) is 8.43. The number of nitrogens with one attached hydrogen (secondary N) is 3. The maximum absolute atomic E-state index is 12.8. The number of amides is 1. The summed E-state index contributed by atoms with van der Waals surface area (Å²) in [5.74, 6) is 0.472. The largest absolute Gasteiger partial charge is 0.383 e. The van der Waals surface area contributed by atoms with Gasteiger partial charge in [-0.15, -0.1) is 0 Å². The van der Waals surface area contributed by atoms with Crippen LogP contribution in [-0.2, 0) is 16.1 Å². The monoisotopic (exact) mass is 379 g/mol. The molecule has 0 saturated heterocycles. The second kappa shape index (κ2) is 10.2. The lowest BCUT2D eigenvalue weighted by Gasteiger charge is -2.41. The smallest absolute Gasteiger partial charge is 0.223 e. The molecule has 1 saturated carbocycles. The number of rotatable bonds is 10. The number of methoxy groups -OCH3 is 1. The molecule has 2 rings (SSSR count). The predicted molar refractivity (Wildman–Crippen MR) is 108 cm³/mol. The molecule has 0 radical (unpaired) electrons. The number of ether oxygens (including phenoxy) is 1. The third-order valence-electron chi connectivity index (χ3n) is 5.85. The molecule has 154 valence electrons. The minimum Gasteiger partial charge on any atom is -0.383 e. The molecule has 1 fully saturated rings. The molecule has 0 aliphatic heterocycles. The molecule has 0 bridgehead atoms. The minimum absolute atomic E-state index is 0.000299. The quantitative estimate of drug-likeness (QED) is 0.540. The van der Waals surface area contributed by atoms with E-state index in [2.05, 4.69) is 46.6 Å². The molecule has 1 aliphatic rings. The third kappa shape index (κ3) is 6.02. The number of hydrogen-bond donors (Lipinski definition) is 3. The summed E-state index contributed by atoms with van der Waals surface area (Å²) in [5.41, 5.74) is 2.39. The number of carbonyl (C=O) groups is 1. The summed E-state index contributed by atoms with van der Waals surface area (Å²) >= 11 is 0. The number of carbonyl (C=O) groups excluding carboxylic acids is 1. The summed E-state index contributed by atoms with van der Waals surface area (Å²) in [6.07, 6.45) is 4.97. The Bertz CT molecular complexity index is 587. The Hall–Kier alpha value is -1.44. The standard InChI is InChI=1S/C20H37N5O2/c1-20(2)7-6-15(12-17(20)19(26)22-9-11-27-5)18-16(13-23-24-18)14-25(4)10-8-21-3/h13,15,17,21H,6-12,14H2,1-5H3,(H,22,26)(H,23,24)/t15-,17+/m0/s1. The van der Waals surface area contributed by atoms with Crippen molar-refractivity contribution in [1.82, 2.24) is 25.7 Å².